The van der Waals surface area contributed by atoms with Crippen molar-refractivity contribution in [1.29, 1.82) is 0 Å². The first kappa shape index (κ1) is 14.9. The number of nitrogens with one attached hydrogen (secondary N) is 1. The summed E-state index contributed by atoms with van der Waals surface area (Å²) in [6.07, 6.45) is 1.05. The lowest BCUT2D eigenvalue weighted by Crippen LogP contribution is -2.17. The summed E-state index contributed by atoms with van der Waals surface area (Å²) in [4.78, 5) is 14.5. The second-order valence-corrected chi connectivity index (χ2v) is 6.00. The zero-order valence-corrected chi connectivity index (χ0v) is 11.8. The number of carbonyl (C=O) groups excluding carboxylic acids is 1. The molecule has 0 aliphatic carbocycles. The second kappa shape index (κ2) is 5.49. The van der Waals surface area contributed by atoms with Crippen LogP contribution in [0.4, 0.5) is 10.1 Å². The van der Waals surface area contributed by atoms with Crippen LogP contribution in [0.5, 0.6) is 0 Å². The molecule has 110 valence electrons. The number of halogens is 1. The Kier molecular flexibility index (Phi) is 3.90. The standard InChI is InChI=1S/C13H12FN3O3S/c1-8-2-4-10(6-11(8)13(15)18)21(19,20)17-9-3-5-12(14)16-7-9/h2-7,17H,1H3,(H2,15,18). The molecule has 1 heterocycles. The molecule has 21 heavy (non-hydrogen) atoms. The Morgan fingerprint density at radius 3 is 2.57 bits per heavy atom. The first-order chi connectivity index (χ1) is 9.79. The number of carbonyl (C=O) groups is 1. The van der Waals surface area contributed by atoms with Crippen molar-refractivity contribution in [3.05, 3.63) is 53.6 Å². The monoisotopic (exact) mass is 309 g/mol. The molecule has 0 saturated carbocycles. The van der Waals surface area contributed by atoms with Gasteiger partial charge in [-0.15, -0.1) is 0 Å². The fraction of sp³-hybridized carbons (Fsp3) is 0.0769. The SMILES string of the molecule is Cc1ccc(S(=O)(=O)Nc2ccc(F)nc2)cc1C(N)=O. The predicted molar refractivity (Wildman–Crippen MR) is 74.7 cm³/mol. The number of nitrogens with two attached hydrogens (primary N) is 1. The average Bonchev–Trinajstić information content (AvgIpc) is 2.41. The van der Waals surface area contributed by atoms with Crippen molar-refractivity contribution in [3.8, 4) is 0 Å². The number of hydrogen-bond acceptors (Lipinski definition) is 4. The fourth-order valence-corrected chi connectivity index (χ4v) is 2.75. The molecule has 3 N–H and O–H groups in total. The Morgan fingerprint density at radius 1 is 1.29 bits per heavy atom. The molecule has 0 atom stereocenters. The molecule has 0 spiro atoms. The molecular formula is C13H12FN3O3S. The molecular weight excluding hydrogens is 297 g/mol. The van der Waals surface area contributed by atoms with E-state index in [2.05, 4.69) is 9.71 Å². The maximum absolute atomic E-state index is 12.7. The Balaban J connectivity index is 2.38. The van der Waals surface area contributed by atoms with Gasteiger partial charge in [-0.2, -0.15) is 4.39 Å². The number of aryl methyl sites for hydroxylation is 1. The maximum Gasteiger partial charge on any atom is 0.261 e. The van der Waals surface area contributed by atoms with Crippen LogP contribution in [0.2, 0.25) is 0 Å². The van der Waals surface area contributed by atoms with Crippen LogP contribution >= 0.6 is 0 Å². The number of aromatic nitrogens is 1. The molecule has 0 radical (unpaired) electrons. The summed E-state index contributed by atoms with van der Waals surface area (Å²) < 4.78 is 39.3. The number of anilines is 1. The zero-order chi connectivity index (χ0) is 15.6. The van der Waals surface area contributed by atoms with Crippen LogP contribution in [-0.2, 0) is 10.0 Å². The van der Waals surface area contributed by atoms with Crippen LogP contribution in [0.15, 0.2) is 41.4 Å². The van der Waals surface area contributed by atoms with Crippen LogP contribution in [0.3, 0.4) is 0 Å². The van der Waals surface area contributed by atoms with Gasteiger partial charge in [0.25, 0.3) is 10.0 Å². The van der Waals surface area contributed by atoms with Crippen molar-refractivity contribution in [2.45, 2.75) is 11.8 Å². The molecule has 8 heteroatoms. The number of rotatable bonds is 4. The summed E-state index contributed by atoms with van der Waals surface area (Å²) in [5, 5.41) is 0. The van der Waals surface area contributed by atoms with Gasteiger partial charge in [-0.1, -0.05) is 6.07 Å². The van der Waals surface area contributed by atoms with E-state index in [0.29, 0.717) is 5.56 Å². The first-order valence-electron chi connectivity index (χ1n) is 5.84. The first-order valence-corrected chi connectivity index (χ1v) is 7.33. The minimum absolute atomic E-state index is 0.109. The van der Waals surface area contributed by atoms with Crippen molar-refractivity contribution in [3.63, 3.8) is 0 Å². The van der Waals surface area contributed by atoms with E-state index in [9.17, 15) is 17.6 Å². The Labute approximate surface area is 120 Å². The fourth-order valence-electron chi connectivity index (χ4n) is 1.68. The molecule has 0 saturated heterocycles. The molecule has 6 nitrogen and oxygen atoms in total. The van der Waals surface area contributed by atoms with Crippen LogP contribution in [-0.4, -0.2) is 19.3 Å². The van der Waals surface area contributed by atoms with Gasteiger partial charge in [-0.25, -0.2) is 13.4 Å². The van der Waals surface area contributed by atoms with Crippen molar-refractivity contribution in [2.75, 3.05) is 4.72 Å². The number of sulfonamides is 1. The Bertz CT molecular complexity index is 789. The van der Waals surface area contributed by atoms with Gasteiger partial charge in [0.2, 0.25) is 11.9 Å². The third-order valence-corrected chi connectivity index (χ3v) is 4.14. The number of pyridine rings is 1. The largest absolute Gasteiger partial charge is 0.366 e. The summed E-state index contributed by atoms with van der Waals surface area (Å²) in [6, 6.07) is 6.29. The molecule has 0 aliphatic heterocycles. The van der Waals surface area contributed by atoms with Gasteiger partial charge in [0.1, 0.15) is 0 Å². The minimum Gasteiger partial charge on any atom is -0.366 e. The highest BCUT2D eigenvalue weighted by atomic mass is 32.2. The molecule has 0 fully saturated rings. The van der Waals surface area contributed by atoms with Gasteiger partial charge in [0.05, 0.1) is 16.8 Å². The molecule has 0 bridgehead atoms. The number of hydrogen-bond donors (Lipinski definition) is 2. The van der Waals surface area contributed by atoms with E-state index >= 15 is 0 Å². The van der Waals surface area contributed by atoms with E-state index in [4.69, 9.17) is 5.73 Å². The average molecular weight is 309 g/mol. The zero-order valence-electron chi connectivity index (χ0n) is 11.0. The van der Waals surface area contributed by atoms with Gasteiger partial charge in [-0.3, -0.25) is 9.52 Å². The number of nitrogens with zero attached hydrogens (tertiary/aromatic N) is 1. The van der Waals surface area contributed by atoms with Crippen molar-refractivity contribution < 1.29 is 17.6 Å². The molecule has 0 unspecified atom stereocenters. The third kappa shape index (κ3) is 3.34. The number of benzene rings is 1. The smallest absolute Gasteiger partial charge is 0.261 e. The summed E-state index contributed by atoms with van der Waals surface area (Å²) in [5.41, 5.74) is 5.99. The minimum atomic E-state index is -3.92. The normalized spacial score (nSPS) is 11.1. The Hall–Kier alpha value is -2.48. The molecule has 1 aromatic carbocycles. The van der Waals surface area contributed by atoms with E-state index in [1.807, 2.05) is 0 Å². The highest BCUT2D eigenvalue weighted by Gasteiger charge is 2.17. The highest BCUT2D eigenvalue weighted by molar-refractivity contribution is 7.92. The summed E-state index contributed by atoms with van der Waals surface area (Å²) >= 11 is 0. The van der Waals surface area contributed by atoms with Crippen LogP contribution < -0.4 is 10.5 Å². The lowest BCUT2D eigenvalue weighted by Gasteiger charge is -2.09. The number of primary amides is 1. The second-order valence-electron chi connectivity index (χ2n) is 4.32. The molecule has 2 aromatic rings. The van der Waals surface area contributed by atoms with Gasteiger partial charge in [0, 0.05) is 5.56 Å². The van der Waals surface area contributed by atoms with Crippen LogP contribution in [0, 0.1) is 12.9 Å². The maximum atomic E-state index is 12.7. The topological polar surface area (TPSA) is 102 Å². The van der Waals surface area contributed by atoms with E-state index in [-0.39, 0.29) is 16.1 Å². The van der Waals surface area contributed by atoms with E-state index in [1.54, 1.807) is 6.92 Å². The summed E-state index contributed by atoms with van der Waals surface area (Å²) in [5.74, 6) is -1.43. The van der Waals surface area contributed by atoms with Crippen LogP contribution in [0.25, 0.3) is 0 Å². The van der Waals surface area contributed by atoms with Gasteiger partial charge >= 0.3 is 0 Å². The van der Waals surface area contributed by atoms with Crippen molar-refractivity contribution in [1.82, 2.24) is 4.98 Å². The molecule has 1 aromatic heterocycles. The van der Waals surface area contributed by atoms with Gasteiger partial charge in [-0.05, 0) is 36.8 Å². The van der Waals surface area contributed by atoms with Crippen LogP contribution in [0.1, 0.15) is 15.9 Å². The Morgan fingerprint density at radius 2 is 2.00 bits per heavy atom. The number of amides is 1. The third-order valence-electron chi connectivity index (χ3n) is 2.76. The summed E-state index contributed by atoms with van der Waals surface area (Å²) in [7, 11) is -3.92. The van der Waals surface area contributed by atoms with E-state index in [0.717, 1.165) is 12.3 Å². The lowest BCUT2D eigenvalue weighted by atomic mass is 10.1. The van der Waals surface area contributed by atoms with Gasteiger partial charge < -0.3 is 5.73 Å². The predicted octanol–water partition coefficient (Wildman–Crippen LogP) is 1.43. The highest BCUT2D eigenvalue weighted by Crippen LogP contribution is 2.18. The quantitative estimate of drug-likeness (QED) is 0.834. The van der Waals surface area contributed by atoms with Gasteiger partial charge in [0.15, 0.2) is 0 Å². The van der Waals surface area contributed by atoms with E-state index in [1.165, 1.54) is 24.3 Å². The van der Waals surface area contributed by atoms with Crippen molar-refractivity contribution >= 4 is 21.6 Å². The molecule has 1 amide bonds. The van der Waals surface area contributed by atoms with Crippen molar-refractivity contribution in [2.24, 2.45) is 5.73 Å². The molecule has 0 aliphatic rings. The summed E-state index contributed by atoms with van der Waals surface area (Å²) in [6.45, 7) is 1.65. The van der Waals surface area contributed by atoms with E-state index < -0.39 is 21.9 Å². The lowest BCUT2D eigenvalue weighted by molar-refractivity contribution is 0.0999. The molecule has 2 rings (SSSR count).